The van der Waals surface area contributed by atoms with E-state index in [0.717, 1.165) is 37.2 Å². The van der Waals surface area contributed by atoms with Gasteiger partial charge in [0.1, 0.15) is 0 Å². The number of nitrogens with one attached hydrogen (secondary N) is 1. The molecule has 4 heteroatoms. The third kappa shape index (κ3) is 8.24. The second-order valence-corrected chi connectivity index (χ2v) is 5.97. The fourth-order valence-corrected chi connectivity index (χ4v) is 2.74. The number of thiol groups is 1. The second kappa shape index (κ2) is 13.2. The van der Waals surface area contributed by atoms with Crippen LogP contribution in [0.3, 0.4) is 0 Å². The van der Waals surface area contributed by atoms with Gasteiger partial charge in [-0.25, -0.2) is 0 Å². The molecule has 0 fully saturated rings. The van der Waals surface area contributed by atoms with E-state index in [9.17, 15) is 0 Å². The van der Waals surface area contributed by atoms with Crippen molar-refractivity contribution in [3.63, 3.8) is 0 Å². The van der Waals surface area contributed by atoms with E-state index in [-0.39, 0.29) is 0 Å². The summed E-state index contributed by atoms with van der Waals surface area (Å²) in [5, 5.41) is 10.5. The van der Waals surface area contributed by atoms with Gasteiger partial charge in [-0.3, -0.25) is 4.99 Å². The monoisotopic (exact) mass is 334 g/mol. The molecule has 0 aliphatic carbocycles. The molecule has 1 aliphatic heterocycles. The van der Waals surface area contributed by atoms with Crippen LogP contribution in [0.1, 0.15) is 44.1 Å². The van der Waals surface area contributed by atoms with Crippen LogP contribution in [0, 0.1) is 0 Å². The van der Waals surface area contributed by atoms with Crippen molar-refractivity contribution >= 4 is 24.5 Å². The van der Waals surface area contributed by atoms with Crippen LogP contribution in [0.2, 0.25) is 0 Å². The lowest BCUT2D eigenvalue weighted by molar-refractivity contribution is 0.399. The predicted octanol–water partition coefficient (Wildman–Crippen LogP) is 4.30. The first kappa shape index (κ1) is 19.8. The number of nitrogens with zero attached hydrogens (tertiary/aromatic N) is 1. The highest BCUT2D eigenvalue weighted by molar-refractivity contribution is 7.80. The largest absolute Gasteiger partial charge is 0.400 e. The molecular formula is C19H30N2OS. The van der Waals surface area contributed by atoms with Crippen LogP contribution in [-0.4, -0.2) is 30.7 Å². The fourth-order valence-electron chi connectivity index (χ4n) is 2.52. The lowest BCUT2D eigenvalue weighted by atomic mass is 10.1. The highest BCUT2D eigenvalue weighted by Crippen LogP contribution is 2.21. The summed E-state index contributed by atoms with van der Waals surface area (Å²) in [6.45, 7) is 1.04. The lowest BCUT2D eigenvalue weighted by Crippen LogP contribution is -2.15. The number of aliphatic hydroxyl groups is 1. The standard InChI is InChI=1S/C18H26N2S.CH4O/c21-14-8-4-2-1-3-7-13-19-17-12-11-16-9-5-6-10-18(16)20-15-17;1-2/h5-6,9-10,12,15,19,21H,1-4,7-8,11,13-14H2;2H,1H3. The van der Waals surface area contributed by atoms with E-state index in [4.69, 9.17) is 5.11 Å². The fraction of sp³-hybridized carbons (Fsp3) is 0.526. The van der Waals surface area contributed by atoms with Crippen LogP contribution in [0.15, 0.2) is 41.0 Å². The van der Waals surface area contributed by atoms with Gasteiger partial charge in [0, 0.05) is 19.4 Å². The van der Waals surface area contributed by atoms with Crippen molar-refractivity contribution < 1.29 is 5.11 Å². The Hall–Kier alpha value is -1.26. The Morgan fingerprint density at radius 1 is 1.04 bits per heavy atom. The molecule has 2 rings (SSSR count). The van der Waals surface area contributed by atoms with Gasteiger partial charge in [0.15, 0.2) is 0 Å². The Morgan fingerprint density at radius 3 is 2.52 bits per heavy atom. The minimum atomic E-state index is 0.961. The van der Waals surface area contributed by atoms with Crippen LogP contribution in [-0.2, 0) is 6.42 Å². The predicted molar refractivity (Wildman–Crippen MR) is 104 cm³/mol. The second-order valence-electron chi connectivity index (χ2n) is 5.52. The number of fused-ring (bicyclic) bond motifs is 1. The maximum Gasteiger partial charge on any atom is 0.0665 e. The van der Waals surface area contributed by atoms with Gasteiger partial charge in [0.2, 0.25) is 0 Å². The summed E-state index contributed by atoms with van der Waals surface area (Å²) in [4.78, 5) is 4.55. The van der Waals surface area contributed by atoms with Crippen LogP contribution < -0.4 is 5.32 Å². The molecule has 1 aromatic carbocycles. The average molecular weight is 335 g/mol. The van der Waals surface area contributed by atoms with Crippen LogP contribution in [0.4, 0.5) is 5.69 Å². The number of hydrogen-bond donors (Lipinski definition) is 3. The Bertz CT molecular complexity index is 486. The van der Waals surface area contributed by atoms with Crippen molar-refractivity contribution in [3.05, 3.63) is 41.6 Å². The highest BCUT2D eigenvalue weighted by Gasteiger charge is 2.03. The molecule has 0 spiro atoms. The van der Waals surface area contributed by atoms with Crippen LogP contribution in [0.25, 0.3) is 0 Å². The van der Waals surface area contributed by atoms with Gasteiger partial charge in [-0.1, -0.05) is 50.0 Å². The summed E-state index contributed by atoms with van der Waals surface area (Å²) < 4.78 is 0. The molecule has 0 aromatic heterocycles. The minimum absolute atomic E-state index is 0.961. The molecule has 1 aliphatic rings. The molecule has 128 valence electrons. The van der Waals surface area contributed by atoms with Gasteiger partial charge in [0.25, 0.3) is 0 Å². The molecule has 0 bridgehead atoms. The molecular weight excluding hydrogens is 304 g/mol. The number of para-hydroxylation sites is 1. The molecule has 1 aromatic rings. The van der Waals surface area contributed by atoms with Gasteiger partial charge in [-0.2, -0.15) is 12.6 Å². The van der Waals surface area contributed by atoms with E-state index < -0.39 is 0 Å². The zero-order valence-electron chi connectivity index (χ0n) is 14.2. The number of unbranched alkanes of at least 4 members (excludes halogenated alkanes) is 5. The quantitative estimate of drug-likeness (QED) is 0.466. The number of benzene rings is 1. The first-order valence-corrected chi connectivity index (χ1v) is 9.15. The first-order valence-electron chi connectivity index (χ1n) is 8.52. The van der Waals surface area contributed by atoms with Crippen molar-refractivity contribution in [2.75, 3.05) is 19.4 Å². The van der Waals surface area contributed by atoms with Crippen LogP contribution in [0.5, 0.6) is 0 Å². The zero-order valence-corrected chi connectivity index (χ0v) is 15.1. The molecule has 0 radical (unpaired) electrons. The Morgan fingerprint density at radius 2 is 1.74 bits per heavy atom. The van der Waals surface area contributed by atoms with E-state index in [1.807, 2.05) is 12.3 Å². The van der Waals surface area contributed by atoms with Gasteiger partial charge in [0.05, 0.1) is 11.9 Å². The molecule has 23 heavy (non-hydrogen) atoms. The van der Waals surface area contributed by atoms with Gasteiger partial charge in [-0.15, -0.1) is 0 Å². The molecule has 0 saturated heterocycles. The van der Waals surface area contributed by atoms with Crippen molar-refractivity contribution in [3.8, 4) is 0 Å². The maximum atomic E-state index is 7.00. The molecule has 2 N–H and O–H groups in total. The third-order valence-electron chi connectivity index (χ3n) is 3.79. The smallest absolute Gasteiger partial charge is 0.0665 e. The van der Waals surface area contributed by atoms with Gasteiger partial charge in [-0.05, 0) is 36.6 Å². The summed E-state index contributed by atoms with van der Waals surface area (Å²) >= 11 is 4.24. The summed E-state index contributed by atoms with van der Waals surface area (Å²) in [7, 11) is 1.00. The maximum absolute atomic E-state index is 7.00. The van der Waals surface area contributed by atoms with Crippen molar-refractivity contribution in [2.24, 2.45) is 4.99 Å². The number of hydrogen-bond acceptors (Lipinski definition) is 4. The van der Waals surface area contributed by atoms with E-state index in [0.29, 0.717) is 0 Å². The molecule has 0 amide bonds. The van der Waals surface area contributed by atoms with E-state index >= 15 is 0 Å². The molecule has 0 atom stereocenters. The van der Waals surface area contributed by atoms with Crippen molar-refractivity contribution in [1.29, 1.82) is 0 Å². The van der Waals surface area contributed by atoms with E-state index in [2.05, 4.69) is 47.2 Å². The van der Waals surface area contributed by atoms with E-state index in [1.54, 1.807) is 0 Å². The van der Waals surface area contributed by atoms with E-state index in [1.165, 1.54) is 44.1 Å². The Balaban J connectivity index is 0.00000127. The number of allylic oxidation sites excluding steroid dienone is 2. The topological polar surface area (TPSA) is 44.6 Å². The SMILES string of the molecule is CO.SCCCCCCCCNC1=CCc2ccccc2N=C1. The minimum Gasteiger partial charge on any atom is -0.400 e. The van der Waals surface area contributed by atoms with Crippen LogP contribution >= 0.6 is 12.6 Å². The Kier molecular flexibility index (Phi) is 11.4. The Labute approximate surface area is 146 Å². The van der Waals surface area contributed by atoms with Gasteiger partial charge < -0.3 is 10.4 Å². The first-order chi connectivity index (χ1) is 11.4. The summed E-state index contributed by atoms with van der Waals surface area (Å²) in [5.74, 6) is 1.03. The molecule has 3 nitrogen and oxygen atoms in total. The van der Waals surface area contributed by atoms with Gasteiger partial charge >= 0.3 is 0 Å². The lowest BCUT2D eigenvalue weighted by Gasteiger charge is -2.06. The highest BCUT2D eigenvalue weighted by atomic mass is 32.1. The molecule has 0 saturated carbocycles. The summed E-state index contributed by atoms with van der Waals surface area (Å²) in [6, 6.07) is 8.35. The van der Waals surface area contributed by atoms with Crippen molar-refractivity contribution in [1.82, 2.24) is 5.32 Å². The average Bonchev–Trinajstić information content (AvgIpc) is 2.82. The molecule has 0 unspecified atom stereocenters. The molecule has 1 heterocycles. The normalized spacial score (nSPS) is 12.6. The number of aliphatic hydroxyl groups excluding tert-OH is 1. The zero-order chi connectivity index (χ0) is 16.8. The number of aliphatic imine (C=N–C) groups is 1. The van der Waals surface area contributed by atoms with Crippen molar-refractivity contribution in [2.45, 2.75) is 44.9 Å². The summed E-state index contributed by atoms with van der Waals surface area (Å²) in [5.41, 5.74) is 3.55. The number of rotatable bonds is 9. The third-order valence-corrected chi connectivity index (χ3v) is 4.11. The summed E-state index contributed by atoms with van der Waals surface area (Å²) in [6.07, 6.45) is 13.0.